The van der Waals surface area contributed by atoms with Crippen molar-refractivity contribution in [3.8, 4) is 0 Å². The standard InChI is InChI=1S/C21H23N5O2/c1-16(27)23-18-7-5-17(6-8-18)21(28)25-12-10-24(11-13-25)15-19-14-22-20-4-2-3-9-26(19)20/h2-9,14H,10-13,15H2,1H3,(H,23,27). The highest BCUT2D eigenvalue weighted by atomic mass is 16.2. The highest BCUT2D eigenvalue weighted by Gasteiger charge is 2.22. The molecule has 0 spiro atoms. The monoisotopic (exact) mass is 377 g/mol. The third-order valence-corrected chi connectivity index (χ3v) is 4.99. The summed E-state index contributed by atoms with van der Waals surface area (Å²) in [5.74, 6) is -0.0926. The van der Waals surface area contributed by atoms with Crippen LogP contribution in [0.25, 0.3) is 5.65 Å². The fourth-order valence-electron chi connectivity index (χ4n) is 3.52. The van der Waals surface area contributed by atoms with Crippen molar-refractivity contribution in [1.29, 1.82) is 0 Å². The second kappa shape index (κ2) is 7.82. The highest BCUT2D eigenvalue weighted by molar-refractivity contribution is 5.95. The van der Waals surface area contributed by atoms with Gasteiger partial charge in [0.2, 0.25) is 5.91 Å². The van der Waals surface area contributed by atoms with Crippen molar-refractivity contribution >= 4 is 23.1 Å². The second-order valence-electron chi connectivity index (χ2n) is 7.01. The molecule has 7 heteroatoms. The summed E-state index contributed by atoms with van der Waals surface area (Å²) in [6.45, 7) is 5.33. The largest absolute Gasteiger partial charge is 0.336 e. The van der Waals surface area contributed by atoms with E-state index < -0.39 is 0 Å². The van der Waals surface area contributed by atoms with Crippen LogP contribution >= 0.6 is 0 Å². The van der Waals surface area contributed by atoms with Crippen LogP contribution in [0.3, 0.4) is 0 Å². The molecule has 1 saturated heterocycles. The third-order valence-electron chi connectivity index (χ3n) is 4.99. The molecule has 144 valence electrons. The molecule has 1 fully saturated rings. The number of carbonyl (C=O) groups is 2. The smallest absolute Gasteiger partial charge is 0.253 e. The number of carbonyl (C=O) groups excluding carboxylic acids is 2. The lowest BCUT2D eigenvalue weighted by molar-refractivity contribution is -0.114. The van der Waals surface area contributed by atoms with Gasteiger partial charge in [0.1, 0.15) is 5.65 Å². The Morgan fingerprint density at radius 3 is 2.50 bits per heavy atom. The van der Waals surface area contributed by atoms with E-state index >= 15 is 0 Å². The predicted octanol–water partition coefficient (Wildman–Crippen LogP) is 2.25. The van der Waals surface area contributed by atoms with Crippen molar-refractivity contribution < 1.29 is 9.59 Å². The molecule has 1 N–H and O–H groups in total. The number of nitrogens with zero attached hydrogens (tertiary/aromatic N) is 4. The molecule has 1 aliphatic rings. The predicted molar refractivity (Wildman–Crippen MR) is 107 cm³/mol. The quantitative estimate of drug-likeness (QED) is 0.757. The van der Waals surface area contributed by atoms with E-state index in [-0.39, 0.29) is 11.8 Å². The van der Waals surface area contributed by atoms with Gasteiger partial charge in [0.25, 0.3) is 5.91 Å². The minimum Gasteiger partial charge on any atom is -0.336 e. The number of hydrogen-bond acceptors (Lipinski definition) is 4. The number of imidazole rings is 1. The van der Waals surface area contributed by atoms with E-state index in [4.69, 9.17) is 0 Å². The molecule has 28 heavy (non-hydrogen) atoms. The molecule has 0 saturated carbocycles. The van der Waals surface area contributed by atoms with Gasteiger partial charge in [-0.05, 0) is 36.4 Å². The number of amides is 2. The zero-order valence-electron chi connectivity index (χ0n) is 15.8. The maximum Gasteiger partial charge on any atom is 0.253 e. The first-order valence-corrected chi connectivity index (χ1v) is 9.40. The number of fused-ring (bicyclic) bond motifs is 1. The average Bonchev–Trinajstić information content (AvgIpc) is 3.11. The van der Waals surface area contributed by atoms with Gasteiger partial charge in [-0.2, -0.15) is 0 Å². The number of aromatic nitrogens is 2. The topological polar surface area (TPSA) is 70.0 Å². The number of nitrogens with one attached hydrogen (secondary N) is 1. The number of rotatable bonds is 4. The van der Waals surface area contributed by atoms with Crippen molar-refractivity contribution in [2.24, 2.45) is 0 Å². The molecule has 4 rings (SSSR count). The summed E-state index contributed by atoms with van der Waals surface area (Å²) < 4.78 is 2.11. The second-order valence-corrected chi connectivity index (χ2v) is 7.01. The molecule has 0 aliphatic carbocycles. The first kappa shape index (κ1) is 18.2. The Bertz CT molecular complexity index is 987. The molecule has 2 amide bonds. The maximum absolute atomic E-state index is 12.7. The number of pyridine rings is 1. The van der Waals surface area contributed by atoms with Crippen LogP contribution in [-0.2, 0) is 11.3 Å². The third kappa shape index (κ3) is 3.89. The summed E-state index contributed by atoms with van der Waals surface area (Å²) in [6, 6.07) is 13.0. The van der Waals surface area contributed by atoms with Gasteiger partial charge in [0.05, 0.1) is 11.9 Å². The zero-order chi connectivity index (χ0) is 19.5. The van der Waals surface area contributed by atoms with Crippen molar-refractivity contribution in [1.82, 2.24) is 19.2 Å². The van der Waals surface area contributed by atoms with E-state index in [1.54, 1.807) is 24.3 Å². The molecule has 0 bridgehead atoms. The average molecular weight is 377 g/mol. The summed E-state index contributed by atoms with van der Waals surface area (Å²) in [4.78, 5) is 32.5. The van der Waals surface area contributed by atoms with Gasteiger partial charge in [0.15, 0.2) is 0 Å². The van der Waals surface area contributed by atoms with E-state index in [0.29, 0.717) is 24.3 Å². The van der Waals surface area contributed by atoms with Gasteiger partial charge in [0, 0.05) is 57.1 Å². The van der Waals surface area contributed by atoms with Crippen molar-refractivity contribution in [2.45, 2.75) is 13.5 Å². The fourth-order valence-corrected chi connectivity index (χ4v) is 3.52. The lowest BCUT2D eigenvalue weighted by atomic mass is 10.1. The Hall–Kier alpha value is -3.19. The van der Waals surface area contributed by atoms with Crippen LogP contribution in [0.2, 0.25) is 0 Å². The lowest BCUT2D eigenvalue weighted by Crippen LogP contribution is -2.48. The van der Waals surface area contributed by atoms with Crippen LogP contribution < -0.4 is 5.32 Å². The molecular weight excluding hydrogens is 354 g/mol. The molecule has 0 atom stereocenters. The van der Waals surface area contributed by atoms with Crippen molar-refractivity contribution in [3.63, 3.8) is 0 Å². The van der Waals surface area contributed by atoms with Crippen LogP contribution in [0.15, 0.2) is 54.9 Å². The summed E-state index contributed by atoms with van der Waals surface area (Å²) in [5.41, 5.74) is 3.45. The minimum absolute atomic E-state index is 0.0313. The van der Waals surface area contributed by atoms with Gasteiger partial charge < -0.3 is 14.6 Å². The van der Waals surface area contributed by atoms with Gasteiger partial charge >= 0.3 is 0 Å². The van der Waals surface area contributed by atoms with E-state index in [2.05, 4.69) is 19.6 Å². The Kier molecular flexibility index (Phi) is 5.08. The summed E-state index contributed by atoms with van der Waals surface area (Å²) in [7, 11) is 0. The van der Waals surface area contributed by atoms with Crippen LogP contribution in [0.5, 0.6) is 0 Å². The zero-order valence-corrected chi connectivity index (χ0v) is 15.8. The molecule has 1 aromatic carbocycles. The van der Waals surface area contributed by atoms with E-state index in [9.17, 15) is 9.59 Å². The Morgan fingerprint density at radius 2 is 1.79 bits per heavy atom. The van der Waals surface area contributed by atoms with Crippen molar-refractivity contribution in [3.05, 3.63) is 66.1 Å². The summed E-state index contributed by atoms with van der Waals surface area (Å²) in [6.07, 6.45) is 3.95. The van der Waals surface area contributed by atoms with E-state index in [1.807, 2.05) is 35.5 Å². The number of piperazine rings is 1. The summed E-state index contributed by atoms with van der Waals surface area (Å²) in [5, 5.41) is 2.71. The van der Waals surface area contributed by atoms with Crippen LogP contribution in [0, 0.1) is 0 Å². The Balaban J connectivity index is 1.34. The number of benzene rings is 1. The first-order valence-electron chi connectivity index (χ1n) is 9.40. The van der Waals surface area contributed by atoms with Gasteiger partial charge in [-0.15, -0.1) is 0 Å². The normalized spacial score (nSPS) is 15.0. The van der Waals surface area contributed by atoms with Gasteiger partial charge in [-0.1, -0.05) is 6.07 Å². The van der Waals surface area contributed by atoms with Gasteiger partial charge in [-0.3, -0.25) is 14.5 Å². The molecule has 0 radical (unpaired) electrons. The number of anilines is 1. The Labute approximate surface area is 163 Å². The minimum atomic E-state index is -0.124. The van der Waals surface area contributed by atoms with E-state index in [0.717, 1.165) is 31.0 Å². The fraction of sp³-hybridized carbons (Fsp3) is 0.286. The number of hydrogen-bond donors (Lipinski definition) is 1. The SMILES string of the molecule is CC(=O)Nc1ccc(C(=O)N2CCN(Cc3cnc4ccccn34)CC2)cc1. The van der Waals surface area contributed by atoms with Crippen LogP contribution in [0.4, 0.5) is 5.69 Å². The molecule has 7 nitrogen and oxygen atoms in total. The maximum atomic E-state index is 12.7. The molecule has 3 aromatic rings. The molecule has 3 heterocycles. The Morgan fingerprint density at radius 1 is 1.04 bits per heavy atom. The lowest BCUT2D eigenvalue weighted by Gasteiger charge is -2.34. The first-order chi connectivity index (χ1) is 13.6. The molecule has 0 unspecified atom stereocenters. The van der Waals surface area contributed by atoms with Crippen LogP contribution in [0.1, 0.15) is 23.0 Å². The van der Waals surface area contributed by atoms with Crippen LogP contribution in [-0.4, -0.2) is 57.2 Å². The molecule has 1 aliphatic heterocycles. The molecular formula is C21H23N5O2. The highest BCUT2D eigenvalue weighted by Crippen LogP contribution is 2.15. The van der Waals surface area contributed by atoms with Gasteiger partial charge in [-0.25, -0.2) is 4.98 Å². The summed E-state index contributed by atoms with van der Waals surface area (Å²) >= 11 is 0. The molecule has 2 aromatic heterocycles. The van der Waals surface area contributed by atoms with E-state index in [1.165, 1.54) is 6.92 Å². The van der Waals surface area contributed by atoms with Crippen molar-refractivity contribution in [2.75, 3.05) is 31.5 Å².